The van der Waals surface area contributed by atoms with E-state index in [4.69, 9.17) is 0 Å². The Morgan fingerprint density at radius 1 is 0.963 bits per heavy atom. The van der Waals surface area contributed by atoms with Crippen molar-refractivity contribution in [3.63, 3.8) is 0 Å². The van der Waals surface area contributed by atoms with Gasteiger partial charge in [-0.2, -0.15) is 0 Å². The standard InChI is InChI=1S/C20H23N3O4/c1-13(2)22-20(27)23-16-10-8-15(9-11-16)18(24)21-12-17(19(25)26)14-6-4-3-5-7-14/h3-11,13,17H,12H2,1-2H3,(H,21,24)(H,25,26)(H2,22,23,27). The summed E-state index contributed by atoms with van der Waals surface area (Å²) >= 11 is 0. The summed E-state index contributed by atoms with van der Waals surface area (Å²) in [5.74, 6) is -2.21. The third-order valence-electron chi connectivity index (χ3n) is 3.79. The molecule has 4 N–H and O–H groups in total. The molecule has 0 heterocycles. The fourth-order valence-electron chi connectivity index (χ4n) is 2.46. The fraction of sp³-hybridized carbons (Fsp3) is 0.250. The molecule has 0 aliphatic rings. The van der Waals surface area contributed by atoms with Gasteiger partial charge < -0.3 is 21.1 Å². The van der Waals surface area contributed by atoms with Crippen LogP contribution in [-0.4, -0.2) is 35.6 Å². The van der Waals surface area contributed by atoms with E-state index in [0.29, 0.717) is 16.8 Å². The molecule has 0 spiro atoms. The van der Waals surface area contributed by atoms with Gasteiger partial charge in [0.25, 0.3) is 5.91 Å². The molecule has 0 radical (unpaired) electrons. The first-order chi connectivity index (χ1) is 12.9. The summed E-state index contributed by atoms with van der Waals surface area (Å²) in [6, 6.07) is 14.8. The first-order valence-electron chi connectivity index (χ1n) is 8.60. The van der Waals surface area contributed by atoms with E-state index in [0.717, 1.165) is 0 Å². The van der Waals surface area contributed by atoms with Crippen molar-refractivity contribution in [2.75, 3.05) is 11.9 Å². The second kappa shape index (κ2) is 9.38. The first-order valence-corrected chi connectivity index (χ1v) is 8.60. The second-order valence-corrected chi connectivity index (χ2v) is 6.34. The minimum Gasteiger partial charge on any atom is -0.481 e. The molecule has 0 aromatic heterocycles. The van der Waals surface area contributed by atoms with Crippen LogP contribution in [0.4, 0.5) is 10.5 Å². The van der Waals surface area contributed by atoms with Crippen molar-refractivity contribution in [3.8, 4) is 0 Å². The van der Waals surface area contributed by atoms with Crippen LogP contribution in [0.15, 0.2) is 54.6 Å². The van der Waals surface area contributed by atoms with Crippen molar-refractivity contribution < 1.29 is 19.5 Å². The Labute approximate surface area is 157 Å². The molecule has 0 saturated heterocycles. The van der Waals surface area contributed by atoms with E-state index in [1.807, 2.05) is 13.8 Å². The van der Waals surface area contributed by atoms with Crippen molar-refractivity contribution >= 4 is 23.6 Å². The van der Waals surface area contributed by atoms with Crippen molar-refractivity contribution in [1.82, 2.24) is 10.6 Å². The van der Waals surface area contributed by atoms with E-state index in [9.17, 15) is 19.5 Å². The number of carboxylic acids is 1. The van der Waals surface area contributed by atoms with Gasteiger partial charge in [-0.25, -0.2) is 4.79 Å². The summed E-state index contributed by atoms with van der Waals surface area (Å²) < 4.78 is 0. The minimum atomic E-state index is -1.00. The van der Waals surface area contributed by atoms with Gasteiger partial charge in [-0.3, -0.25) is 9.59 Å². The van der Waals surface area contributed by atoms with Crippen LogP contribution in [0.25, 0.3) is 0 Å². The fourth-order valence-corrected chi connectivity index (χ4v) is 2.46. The Morgan fingerprint density at radius 3 is 2.15 bits per heavy atom. The lowest BCUT2D eigenvalue weighted by Crippen LogP contribution is -2.34. The quantitative estimate of drug-likeness (QED) is 0.602. The second-order valence-electron chi connectivity index (χ2n) is 6.34. The number of hydrogen-bond donors (Lipinski definition) is 4. The Bertz CT molecular complexity index is 789. The van der Waals surface area contributed by atoms with Crippen LogP contribution in [0, 0.1) is 0 Å². The number of carbonyl (C=O) groups is 3. The van der Waals surface area contributed by atoms with Crippen LogP contribution in [0.3, 0.4) is 0 Å². The Hall–Kier alpha value is -3.35. The summed E-state index contributed by atoms with van der Waals surface area (Å²) in [6.07, 6.45) is 0. The number of nitrogens with one attached hydrogen (secondary N) is 3. The van der Waals surface area contributed by atoms with Crippen LogP contribution < -0.4 is 16.0 Å². The topological polar surface area (TPSA) is 108 Å². The molecule has 0 fully saturated rings. The Kier molecular flexibility index (Phi) is 6.93. The maximum Gasteiger partial charge on any atom is 0.319 e. The van der Waals surface area contributed by atoms with Gasteiger partial charge in [-0.05, 0) is 43.7 Å². The van der Waals surface area contributed by atoms with Gasteiger partial charge in [0.15, 0.2) is 0 Å². The minimum absolute atomic E-state index is 0.0156. The summed E-state index contributed by atoms with van der Waals surface area (Å²) in [7, 11) is 0. The van der Waals surface area contributed by atoms with Crippen molar-refractivity contribution in [2.24, 2.45) is 0 Å². The van der Waals surface area contributed by atoms with E-state index in [-0.39, 0.29) is 24.5 Å². The Balaban J connectivity index is 1.95. The predicted octanol–water partition coefficient (Wildman–Crippen LogP) is 2.81. The molecule has 142 valence electrons. The average molecular weight is 369 g/mol. The highest BCUT2D eigenvalue weighted by molar-refractivity contribution is 5.96. The number of carboxylic acid groups (broad SMARTS) is 1. The molecule has 27 heavy (non-hydrogen) atoms. The van der Waals surface area contributed by atoms with Crippen molar-refractivity contribution in [2.45, 2.75) is 25.8 Å². The highest BCUT2D eigenvalue weighted by Crippen LogP contribution is 2.15. The van der Waals surface area contributed by atoms with Gasteiger partial charge in [0, 0.05) is 23.8 Å². The first kappa shape index (κ1) is 20.0. The zero-order valence-corrected chi connectivity index (χ0v) is 15.2. The molecule has 3 amide bonds. The zero-order chi connectivity index (χ0) is 19.8. The van der Waals surface area contributed by atoms with Crippen molar-refractivity contribution in [1.29, 1.82) is 0 Å². The monoisotopic (exact) mass is 369 g/mol. The van der Waals surface area contributed by atoms with Crippen LogP contribution in [-0.2, 0) is 4.79 Å². The van der Waals surface area contributed by atoms with Crippen LogP contribution in [0.5, 0.6) is 0 Å². The zero-order valence-electron chi connectivity index (χ0n) is 15.2. The summed E-state index contributed by atoms with van der Waals surface area (Å²) in [5, 5.41) is 17.4. The lowest BCUT2D eigenvalue weighted by Gasteiger charge is -2.14. The third kappa shape index (κ3) is 6.14. The van der Waals surface area contributed by atoms with Crippen LogP contribution >= 0.6 is 0 Å². The third-order valence-corrected chi connectivity index (χ3v) is 3.79. The summed E-state index contributed by atoms with van der Waals surface area (Å²) in [6.45, 7) is 3.69. The Morgan fingerprint density at radius 2 is 1.59 bits per heavy atom. The molecule has 7 heteroatoms. The number of anilines is 1. The number of amides is 3. The summed E-state index contributed by atoms with van der Waals surface area (Å²) in [5.41, 5.74) is 1.56. The molecule has 0 aliphatic carbocycles. The summed E-state index contributed by atoms with van der Waals surface area (Å²) in [4.78, 5) is 35.4. The lowest BCUT2D eigenvalue weighted by atomic mass is 9.99. The SMILES string of the molecule is CC(C)NC(=O)Nc1ccc(C(=O)NCC(C(=O)O)c2ccccc2)cc1. The number of rotatable bonds is 7. The highest BCUT2D eigenvalue weighted by Gasteiger charge is 2.20. The molecule has 2 aromatic carbocycles. The van der Waals surface area contributed by atoms with Crippen molar-refractivity contribution in [3.05, 3.63) is 65.7 Å². The van der Waals surface area contributed by atoms with Crippen LogP contribution in [0.2, 0.25) is 0 Å². The number of aliphatic carboxylic acids is 1. The van der Waals surface area contributed by atoms with Crippen LogP contribution in [0.1, 0.15) is 35.7 Å². The molecular formula is C20H23N3O4. The maximum absolute atomic E-state index is 12.3. The van der Waals surface area contributed by atoms with E-state index in [1.165, 1.54) is 0 Å². The smallest absolute Gasteiger partial charge is 0.319 e. The van der Waals surface area contributed by atoms with Gasteiger partial charge in [0.1, 0.15) is 0 Å². The van der Waals surface area contributed by atoms with Gasteiger partial charge >= 0.3 is 12.0 Å². The van der Waals surface area contributed by atoms with E-state index < -0.39 is 11.9 Å². The van der Waals surface area contributed by atoms with E-state index >= 15 is 0 Å². The maximum atomic E-state index is 12.3. The normalized spacial score (nSPS) is 11.5. The number of carbonyl (C=O) groups excluding carboxylic acids is 2. The predicted molar refractivity (Wildman–Crippen MR) is 103 cm³/mol. The number of urea groups is 1. The largest absolute Gasteiger partial charge is 0.481 e. The van der Waals surface area contributed by atoms with Gasteiger partial charge in [-0.1, -0.05) is 30.3 Å². The molecule has 7 nitrogen and oxygen atoms in total. The van der Waals surface area contributed by atoms with Gasteiger partial charge in [-0.15, -0.1) is 0 Å². The molecule has 2 rings (SSSR count). The number of hydrogen-bond acceptors (Lipinski definition) is 3. The molecule has 0 bridgehead atoms. The molecule has 0 aliphatic heterocycles. The molecule has 1 unspecified atom stereocenters. The molecule has 1 atom stereocenters. The highest BCUT2D eigenvalue weighted by atomic mass is 16.4. The lowest BCUT2D eigenvalue weighted by molar-refractivity contribution is -0.138. The van der Waals surface area contributed by atoms with Gasteiger partial charge in [0.2, 0.25) is 0 Å². The number of benzene rings is 2. The molecule has 0 saturated carbocycles. The van der Waals surface area contributed by atoms with Gasteiger partial charge in [0.05, 0.1) is 5.92 Å². The molecule has 2 aromatic rings. The molecular weight excluding hydrogens is 346 g/mol. The van der Waals surface area contributed by atoms with E-state index in [2.05, 4.69) is 16.0 Å². The van der Waals surface area contributed by atoms with E-state index in [1.54, 1.807) is 54.6 Å². The average Bonchev–Trinajstić information content (AvgIpc) is 2.62.